The van der Waals surface area contributed by atoms with Gasteiger partial charge in [0.05, 0.1) is 12.8 Å². The van der Waals surface area contributed by atoms with Gasteiger partial charge in [0.25, 0.3) is 0 Å². The van der Waals surface area contributed by atoms with Crippen molar-refractivity contribution in [2.75, 3.05) is 38.2 Å². The van der Waals surface area contributed by atoms with Crippen LogP contribution in [0.4, 0.5) is 10.5 Å². The zero-order valence-corrected chi connectivity index (χ0v) is 18.9. The van der Waals surface area contributed by atoms with E-state index in [-0.39, 0.29) is 18.5 Å². The van der Waals surface area contributed by atoms with Gasteiger partial charge in [-0.05, 0) is 29.7 Å². The Morgan fingerprint density at radius 1 is 0.879 bits per heavy atom. The number of nitrogens with zero attached hydrogens (tertiary/aromatic N) is 3. The topological polar surface area (TPSA) is 53.1 Å². The number of hydrogen-bond donors (Lipinski definition) is 0. The number of carbonyl (C=O) groups excluding carboxylic acids is 2. The van der Waals surface area contributed by atoms with Crippen molar-refractivity contribution in [1.82, 2.24) is 9.80 Å². The predicted octanol–water partition coefficient (Wildman–Crippen LogP) is 4.21. The third-order valence-corrected chi connectivity index (χ3v) is 5.88. The number of anilines is 1. The van der Waals surface area contributed by atoms with Crippen molar-refractivity contribution in [2.24, 2.45) is 0 Å². The van der Waals surface area contributed by atoms with E-state index in [0.29, 0.717) is 31.9 Å². The van der Waals surface area contributed by atoms with Crippen LogP contribution in [-0.4, -0.2) is 55.0 Å². The first-order chi connectivity index (χ1) is 16.2. The Morgan fingerprint density at radius 2 is 1.52 bits per heavy atom. The van der Waals surface area contributed by atoms with Gasteiger partial charge in [-0.3, -0.25) is 9.69 Å². The second kappa shape index (κ2) is 10.7. The van der Waals surface area contributed by atoms with Crippen molar-refractivity contribution in [3.05, 3.63) is 96.1 Å². The molecule has 6 nitrogen and oxygen atoms in total. The Balaban J connectivity index is 1.45. The Labute approximate surface area is 195 Å². The molecular formula is C27H29N3O3. The summed E-state index contributed by atoms with van der Waals surface area (Å²) >= 11 is 0. The van der Waals surface area contributed by atoms with Gasteiger partial charge in [0, 0.05) is 26.2 Å². The second-order valence-electron chi connectivity index (χ2n) is 8.06. The maximum atomic E-state index is 13.3. The number of amides is 3. The molecule has 3 aromatic rings. The lowest BCUT2D eigenvalue weighted by atomic mass is 10.1. The smallest absolute Gasteiger partial charge is 0.325 e. The summed E-state index contributed by atoms with van der Waals surface area (Å²) in [6.45, 7) is 2.20. The molecular weight excluding hydrogens is 414 g/mol. The molecule has 1 aliphatic rings. The summed E-state index contributed by atoms with van der Waals surface area (Å²) in [6.07, 6.45) is 0.765. The maximum absolute atomic E-state index is 13.3. The number of benzene rings is 3. The average Bonchev–Trinajstić information content (AvgIpc) is 3.22. The first kappa shape index (κ1) is 22.4. The van der Waals surface area contributed by atoms with E-state index in [0.717, 1.165) is 17.7 Å². The van der Waals surface area contributed by atoms with Gasteiger partial charge in [0.15, 0.2) is 0 Å². The number of rotatable bonds is 9. The molecule has 0 bridgehead atoms. The van der Waals surface area contributed by atoms with Gasteiger partial charge in [-0.25, -0.2) is 4.79 Å². The Morgan fingerprint density at radius 3 is 2.21 bits per heavy atom. The molecule has 0 N–H and O–H groups in total. The fourth-order valence-corrected chi connectivity index (χ4v) is 4.07. The van der Waals surface area contributed by atoms with Crippen molar-refractivity contribution >= 4 is 17.6 Å². The van der Waals surface area contributed by atoms with E-state index in [1.165, 1.54) is 5.56 Å². The van der Waals surface area contributed by atoms with E-state index >= 15 is 0 Å². The van der Waals surface area contributed by atoms with Crippen LogP contribution < -0.4 is 9.64 Å². The van der Waals surface area contributed by atoms with E-state index in [4.69, 9.17) is 4.74 Å². The summed E-state index contributed by atoms with van der Waals surface area (Å²) in [5.74, 6) is 0.595. The first-order valence-electron chi connectivity index (χ1n) is 11.2. The lowest BCUT2D eigenvalue weighted by molar-refractivity contribution is -0.132. The normalized spacial score (nSPS) is 13.3. The van der Waals surface area contributed by atoms with Crippen molar-refractivity contribution in [3.8, 4) is 5.75 Å². The van der Waals surface area contributed by atoms with Crippen LogP contribution >= 0.6 is 0 Å². The monoisotopic (exact) mass is 443 g/mol. The molecule has 1 heterocycles. The fraction of sp³-hybridized carbons (Fsp3) is 0.259. The molecule has 1 fully saturated rings. The largest absolute Gasteiger partial charge is 0.495 e. The lowest BCUT2D eigenvalue weighted by Crippen LogP contribution is -2.42. The summed E-state index contributed by atoms with van der Waals surface area (Å²) < 4.78 is 5.41. The number of carbonyl (C=O) groups is 2. The van der Waals surface area contributed by atoms with Crippen LogP contribution in [0.25, 0.3) is 0 Å². The summed E-state index contributed by atoms with van der Waals surface area (Å²) in [6, 6.07) is 27.4. The van der Waals surface area contributed by atoms with Gasteiger partial charge in [0.1, 0.15) is 12.3 Å². The summed E-state index contributed by atoms with van der Waals surface area (Å²) in [4.78, 5) is 31.6. The number of urea groups is 1. The van der Waals surface area contributed by atoms with Gasteiger partial charge in [-0.1, -0.05) is 72.8 Å². The van der Waals surface area contributed by atoms with Crippen molar-refractivity contribution in [3.63, 3.8) is 0 Å². The predicted molar refractivity (Wildman–Crippen MR) is 129 cm³/mol. The zero-order chi connectivity index (χ0) is 23.0. The molecule has 0 radical (unpaired) electrons. The molecule has 1 saturated heterocycles. The molecule has 33 heavy (non-hydrogen) atoms. The molecule has 6 heteroatoms. The second-order valence-corrected chi connectivity index (χ2v) is 8.06. The van der Waals surface area contributed by atoms with Crippen LogP contribution in [0.1, 0.15) is 11.1 Å². The molecule has 0 atom stereocenters. The molecule has 4 rings (SSSR count). The van der Waals surface area contributed by atoms with Crippen LogP contribution in [0.2, 0.25) is 0 Å². The van der Waals surface area contributed by atoms with E-state index in [2.05, 4.69) is 12.1 Å². The third kappa shape index (κ3) is 5.52. The molecule has 0 spiro atoms. The highest BCUT2D eigenvalue weighted by Gasteiger charge is 2.33. The van der Waals surface area contributed by atoms with Gasteiger partial charge < -0.3 is 14.5 Å². The highest BCUT2D eigenvalue weighted by Crippen LogP contribution is 2.30. The zero-order valence-electron chi connectivity index (χ0n) is 18.9. The minimum Gasteiger partial charge on any atom is -0.495 e. The van der Waals surface area contributed by atoms with Crippen molar-refractivity contribution < 1.29 is 14.3 Å². The number of methoxy groups -OCH3 is 1. The van der Waals surface area contributed by atoms with Crippen LogP contribution in [-0.2, 0) is 17.8 Å². The summed E-state index contributed by atoms with van der Waals surface area (Å²) in [5, 5.41) is 0. The van der Waals surface area contributed by atoms with Crippen molar-refractivity contribution in [2.45, 2.75) is 13.0 Å². The molecule has 0 aromatic heterocycles. The van der Waals surface area contributed by atoms with Gasteiger partial charge >= 0.3 is 6.03 Å². The number of ether oxygens (including phenoxy) is 1. The quantitative estimate of drug-likeness (QED) is 0.498. The van der Waals surface area contributed by atoms with E-state index in [1.54, 1.807) is 16.9 Å². The van der Waals surface area contributed by atoms with Crippen LogP contribution in [0, 0.1) is 0 Å². The van der Waals surface area contributed by atoms with Crippen molar-refractivity contribution in [1.29, 1.82) is 0 Å². The molecule has 0 saturated carbocycles. The van der Waals surface area contributed by atoms with Gasteiger partial charge in [-0.2, -0.15) is 0 Å². The van der Waals surface area contributed by atoms with E-state index in [9.17, 15) is 9.59 Å². The fourth-order valence-electron chi connectivity index (χ4n) is 4.07. The SMILES string of the molecule is COc1ccccc1N1CCN(CC(=O)N(CCc2ccccc2)Cc2ccccc2)C1=O. The molecule has 3 aromatic carbocycles. The van der Waals surface area contributed by atoms with Gasteiger partial charge in [0.2, 0.25) is 5.91 Å². The maximum Gasteiger partial charge on any atom is 0.325 e. The van der Waals surface area contributed by atoms with Crippen LogP contribution in [0.15, 0.2) is 84.9 Å². The molecule has 170 valence electrons. The Bertz CT molecular complexity index is 1070. The third-order valence-electron chi connectivity index (χ3n) is 5.88. The summed E-state index contributed by atoms with van der Waals surface area (Å²) in [5.41, 5.74) is 2.98. The highest BCUT2D eigenvalue weighted by atomic mass is 16.5. The van der Waals surface area contributed by atoms with E-state index < -0.39 is 0 Å². The molecule has 0 aliphatic carbocycles. The minimum atomic E-state index is -0.171. The molecule has 1 aliphatic heterocycles. The Kier molecular flexibility index (Phi) is 7.25. The molecule has 3 amide bonds. The Hall–Kier alpha value is -3.80. The van der Waals surface area contributed by atoms with E-state index in [1.807, 2.05) is 77.7 Å². The minimum absolute atomic E-state index is 0.0509. The number of hydrogen-bond acceptors (Lipinski definition) is 3. The average molecular weight is 444 g/mol. The highest BCUT2D eigenvalue weighted by molar-refractivity contribution is 5.97. The first-order valence-corrected chi connectivity index (χ1v) is 11.2. The van der Waals surface area contributed by atoms with Gasteiger partial charge in [-0.15, -0.1) is 0 Å². The lowest BCUT2D eigenvalue weighted by Gasteiger charge is -2.26. The molecule has 0 unspecified atom stereocenters. The number of para-hydroxylation sites is 2. The van der Waals surface area contributed by atoms with Crippen LogP contribution in [0.3, 0.4) is 0 Å². The summed E-state index contributed by atoms with van der Waals surface area (Å²) in [7, 11) is 1.59. The van der Waals surface area contributed by atoms with Crippen LogP contribution in [0.5, 0.6) is 5.75 Å². The standard InChI is InChI=1S/C27H29N3O3/c1-33-25-15-9-8-14-24(25)30-19-18-29(27(30)32)21-26(31)28(20-23-12-6-3-7-13-23)17-16-22-10-4-2-5-11-22/h2-15H,16-21H2,1H3.